The molecule has 7 rings (SSSR count). The molecule has 0 saturated carbocycles. The van der Waals surface area contributed by atoms with Crippen molar-refractivity contribution < 1.29 is 0 Å². The van der Waals surface area contributed by atoms with Crippen LogP contribution in [0.1, 0.15) is 6.92 Å². The van der Waals surface area contributed by atoms with Crippen molar-refractivity contribution in [3.63, 3.8) is 0 Å². The number of hydrogen-bond donors (Lipinski definition) is 0. The third-order valence-electron chi connectivity index (χ3n) is 9.44. The summed E-state index contributed by atoms with van der Waals surface area (Å²) in [6, 6.07) is 65.0. The number of benzene rings is 7. The number of anilines is 4. The summed E-state index contributed by atoms with van der Waals surface area (Å²) in [6.45, 7) is 5.97. The van der Waals surface area contributed by atoms with E-state index >= 15 is 0 Å². The van der Waals surface area contributed by atoms with E-state index in [4.69, 9.17) is 0 Å². The van der Waals surface area contributed by atoms with Gasteiger partial charge in [0.2, 0.25) is 0 Å². The Balaban J connectivity index is 1.14. The van der Waals surface area contributed by atoms with E-state index in [2.05, 4.69) is 212 Å². The molecule has 0 spiro atoms. The number of rotatable bonds is 11. The van der Waals surface area contributed by atoms with Crippen LogP contribution < -0.4 is 9.80 Å². The Morgan fingerprint density at radius 3 is 1.25 bits per heavy atom. The molecule has 252 valence electrons. The lowest BCUT2D eigenvalue weighted by Gasteiger charge is -2.27. The van der Waals surface area contributed by atoms with Crippen molar-refractivity contribution in [3.05, 3.63) is 219 Å². The summed E-state index contributed by atoms with van der Waals surface area (Å²) in [5.41, 5.74) is 15.1. The summed E-state index contributed by atoms with van der Waals surface area (Å²) in [5, 5.41) is 0. The van der Waals surface area contributed by atoms with Gasteiger partial charge in [0, 0.05) is 35.5 Å². The van der Waals surface area contributed by atoms with Gasteiger partial charge in [-0.1, -0.05) is 146 Å². The summed E-state index contributed by atoms with van der Waals surface area (Å²) in [7, 11) is 2.10. The van der Waals surface area contributed by atoms with Gasteiger partial charge in [0.25, 0.3) is 0 Å². The Morgan fingerprint density at radius 2 is 0.788 bits per heavy atom. The van der Waals surface area contributed by atoms with E-state index in [-0.39, 0.29) is 0 Å². The summed E-state index contributed by atoms with van der Waals surface area (Å²) in [4.78, 5) is 4.49. The first kappa shape index (κ1) is 33.8. The van der Waals surface area contributed by atoms with Gasteiger partial charge in [-0.2, -0.15) is 0 Å². The molecule has 0 amide bonds. The first-order valence-electron chi connectivity index (χ1n) is 17.7. The highest BCUT2D eigenvalue weighted by Gasteiger charge is 2.14. The largest absolute Gasteiger partial charge is 0.345 e. The van der Waals surface area contributed by atoms with Gasteiger partial charge in [0.05, 0.1) is 0 Å². The van der Waals surface area contributed by atoms with Crippen LogP contribution in [0.5, 0.6) is 0 Å². The van der Waals surface area contributed by atoms with Crippen LogP contribution in [0.4, 0.5) is 22.7 Å². The maximum Gasteiger partial charge on any atom is 0.0461 e. The van der Waals surface area contributed by atoms with Crippen molar-refractivity contribution in [1.82, 2.24) is 0 Å². The highest BCUT2D eigenvalue weighted by Crippen LogP contribution is 2.35. The highest BCUT2D eigenvalue weighted by molar-refractivity contribution is 5.80. The molecule has 2 nitrogen and oxygen atoms in total. The van der Waals surface area contributed by atoms with Crippen LogP contribution in [0.2, 0.25) is 0 Å². The quantitative estimate of drug-likeness (QED) is 0.126. The molecule has 0 atom stereocenters. The van der Waals surface area contributed by atoms with E-state index in [9.17, 15) is 0 Å². The van der Waals surface area contributed by atoms with Gasteiger partial charge in [-0.25, -0.2) is 0 Å². The molecular formula is C50H42N2. The molecule has 0 aliphatic heterocycles. The third-order valence-corrected chi connectivity index (χ3v) is 9.44. The SMILES string of the molecule is C=C/C=C\C(=C/C)N(c1ccc(-c2ccccc2)cc1)c1ccc(-c2cccc(-c3cccc(-c4ccc(N(C)c5ccccc5)cc4)c3)c2)cc1. The summed E-state index contributed by atoms with van der Waals surface area (Å²) < 4.78 is 0. The second kappa shape index (κ2) is 15.9. The number of allylic oxidation sites excluding steroid dienone is 4. The lowest BCUT2D eigenvalue weighted by molar-refractivity contribution is 1.20. The van der Waals surface area contributed by atoms with Gasteiger partial charge >= 0.3 is 0 Å². The molecular weight excluding hydrogens is 629 g/mol. The van der Waals surface area contributed by atoms with Crippen molar-refractivity contribution in [2.24, 2.45) is 0 Å². The van der Waals surface area contributed by atoms with Crippen LogP contribution >= 0.6 is 0 Å². The fraction of sp³-hybridized carbons (Fsp3) is 0.0400. The molecule has 0 aromatic heterocycles. The Hall–Kier alpha value is -6.64. The predicted molar refractivity (Wildman–Crippen MR) is 224 cm³/mol. The van der Waals surface area contributed by atoms with Crippen LogP contribution in [0.25, 0.3) is 44.5 Å². The lowest BCUT2D eigenvalue weighted by Crippen LogP contribution is -2.15. The first-order chi connectivity index (χ1) is 25.6. The van der Waals surface area contributed by atoms with E-state index in [1.165, 1.54) is 50.2 Å². The Kier molecular flexibility index (Phi) is 10.4. The van der Waals surface area contributed by atoms with Crippen LogP contribution in [0.15, 0.2) is 219 Å². The van der Waals surface area contributed by atoms with E-state index < -0.39 is 0 Å². The molecule has 7 aromatic carbocycles. The Bertz CT molecular complexity index is 2300. The summed E-state index contributed by atoms with van der Waals surface area (Å²) >= 11 is 0. The Labute approximate surface area is 308 Å². The second-order valence-corrected chi connectivity index (χ2v) is 12.7. The standard InChI is InChI=1S/C50H42N2/c1-4-6-21-46(5-2)52(49-32-26-39(27-33-49)38-15-9-7-10-16-38)50-34-28-41(29-35-50)43-18-14-20-45(37-43)44-19-13-17-42(36-44)40-24-30-48(31-25-40)51(3)47-22-11-8-12-23-47/h4-37H,1H2,2-3H3/b21-6-,46-5+. The molecule has 0 saturated heterocycles. The number of para-hydroxylation sites is 1. The highest BCUT2D eigenvalue weighted by atomic mass is 15.1. The van der Waals surface area contributed by atoms with Crippen molar-refractivity contribution in [2.75, 3.05) is 16.8 Å². The first-order valence-corrected chi connectivity index (χ1v) is 17.7. The van der Waals surface area contributed by atoms with Crippen molar-refractivity contribution in [1.29, 1.82) is 0 Å². The van der Waals surface area contributed by atoms with Crippen LogP contribution in [-0.4, -0.2) is 7.05 Å². The van der Waals surface area contributed by atoms with E-state index in [0.717, 1.165) is 22.8 Å². The molecule has 0 aliphatic carbocycles. The molecule has 0 radical (unpaired) electrons. The average molecular weight is 671 g/mol. The molecule has 0 bridgehead atoms. The van der Waals surface area contributed by atoms with Gasteiger partial charge in [-0.05, 0) is 118 Å². The molecule has 0 heterocycles. The third kappa shape index (κ3) is 7.57. The van der Waals surface area contributed by atoms with Crippen LogP contribution in [0, 0.1) is 0 Å². The van der Waals surface area contributed by atoms with Crippen molar-refractivity contribution >= 4 is 22.7 Å². The second-order valence-electron chi connectivity index (χ2n) is 12.7. The van der Waals surface area contributed by atoms with Crippen molar-refractivity contribution in [2.45, 2.75) is 6.92 Å². The predicted octanol–water partition coefficient (Wildman–Crippen LogP) is 13.9. The minimum Gasteiger partial charge on any atom is -0.345 e. The Morgan fingerprint density at radius 1 is 0.423 bits per heavy atom. The minimum absolute atomic E-state index is 1.07. The molecule has 0 N–H and O–H groups in total. The van der Waals surface area contributed by atoms with Gasteiger partial charge in [0.1, 0.15) is 0 Å². The summed E-state index contributed by atoms with van der Waals surface area (Å²) in [6.07, 6.45) is 8.03. The van der Waals surface area contributed by atoms with Crippen LogP contribution in [-0.2, 0) is 0 Å². The van der Waals surface area contributed by atoms with Crippen LogP contribution in [0.3, 0.4) is 0 Å². The summed E-state index contributed by atoms with van der Waals surface area (Å²) in [5.74, 6) is 0. The molecule has 0 aliphatic rings. The normalized spacial score (nSPS) is 11.4. The van der Waals surface area contributed by atoms with E-state index in [0.29, 0.717) is 0 Å². The molecule has 52 heavy (non-hydrogen) atoms. The lowest BCUT2D eigenvalue weighted by atomic mass is 9.96. The zero-order chi connectivity index (χ0) is 35.7. The van der Waals surface area contributed by atoms with Gasteiger partial charge in [-0.3, -0.25) is 0 Å². The maximum atomic E-state index is 3.90. The van der Waals surface area contributed by atoms with Crippen molar-refractivity contribution in [3.8, 4) is 44.5 Å². The maximum absolute atomic E-state index is 3.90. The zero-order valence-corrected chi connectivity index (χ0v) is 29.7. The molecule has 0 fully saturated rings. The smallest absolute Gasteiger partial charge is 0.0461 e. The van der Waals surface area contributed by atoms with Gasteiger partial charge in [0.15, 0.2) is 0 Å². The fourth-order valence-corrected chi connectivity index (χ4v) is 6.59. The molecule has 0 unspecified atom stereocenters. The molecule has 2 heteroatoms. The zero-order valence-electron chi connectivity index (χ0n) is 29.7. The average Bonchev–Trinajstić information content (AvgIpc) is 3.23. The number of nitrogens with zero attached hydrogens (tertiary/aromatic N) is 2. The monoisotopic (exact) mass is 670 g/mol. The topological polar surface area (TPSA) is 6.48 Å². The van der Waals surface area contributed by atoms with Gasteiger partial charge in [-0.15, -0.1) is 0 Å². The fourth-order valence-electron chi connectivity index (χ4n) is 6.59. The minimum atomic E-state index is 1.07. The van der Waals surface area contributed by atoms with E-state index in [1.54, 1.807) is 0 Å². The van der Waals surface area contributed by atoms with E-state index in [1.807, 2.05) is 24.3 Å². The number of hydrogen-bond acceptors (Lipinski definition) is 2. The van der Waals surface area contributed by atoms with Gasteiger partial charge < -0.3 is 9.80 Å². The molecule has 7 aromatic rings.